The summed E-state index contributed by atoms with van der Waals surface area (Å²) in [6.45, 7) is 5.36. The van der Waals surface area contributed by atoms with Crippen molar-refractivity contribution in [1.82, 2.24) is 5.32 Å². The Morgan fingerprint density at radius 2 is 1.63 bits per heavy atom. The van der Waals surface area contributed by atoms with Gasteiger partial charge in [-0.25, -0.2) is 0 Å². The Hall–Kier alpha value is -2.82. The molecule has 2 N–H and O–H groups in total. The molecule has 0 unspecified atom stereocenters. The topological polar surface area (TPSA) is 67.4 Å². The second-order valence-electron chi connectivity index (χ2n) is 8.43. The average molecular weight is 409 g/mol. The van der Waals surface area contributed by atoms with Gasteiger partial charge in [0.05, 0.1) is 6.61 Å². The highest BCUT2D eigenvalue weighted by Crippen LogP contribution is 2.23. The number of rotatable bonds is 8. The molecule has 1 fully saturated rings. The SMILES string of the molecule is CC(C)COc1ccc(NC(=O)c2ccc(CNC(=O)C3CCCCC3)cc2)cc1. The molecule has 0 aromatic heterocycles. The summed E-state index contributed by atoms with van der Waals surface area (Å²) in [7, 11) is 0. The highest BCUT2D eigenvalue weighted by atomic mass is 16.5. The summed E-state index contributed by atoms with van der Waals surface area (Å²) in [6.07, 6.45) is 5.53. The second kappa shape index (κ2) is 10.8. The van der Waals surface area contributed by atoms with Crippen molar-refractivity contribution in [3.63, 3.8) is 0 Å². The van der Waals surface area contributed by atoms with Crippen LogP contribution >= 0.6 is 0 Å². The van der Waals surface area contributed by atoms with E-state index < -0.39 is 0 Å². The molecule has 2 aromatic rings. The number of ether oxygens (including phenoxy) is 1. The average Bonchev–Trinajstić information content (AvgIpc) is 2.78. The summed E-state index contributed by atoms with van der Waals surface area (Å²) in [5.74, 6) is 1.40. The van der Waals surface area contributed by atoms with Gasteiger partial charge in [0.25, 0.3) is 5.91 Å². The fourth-order valence-electron chi connectivity index (χ4n) is 3.57. The fraction of sp³-hybridized carbons (Fsp3) is 0.440. The van der Waals surface area contributed by atoms with Crippen molar-refractivity contribution in [2.75, 3.05) is 11.9 Å². The molecular weight excluding hydrogens is 376 g/mol. The lowest BCUT2D eigenvalue weighted by Gasteiger charge is -2.20. The van der Waals surface area contributed by atoms with E-state index in [-0.39, 0.29) is 17.7 Å². The van der Waals surface area contributed by atoms with Crippen molar-refractivity contribution in [2.24, 2.45) is 11.8 Å². The number of amides is 2. The normalized spacial score (nSPS) is 14.4. The lowest BCUT2D eigenvalue weighted by atomic mass is 9.88. The molecule has 5 nitrogen and oxygen atoms in total. The van der Waals surface area contributed by atoms with Crippen LogP contribution in [0.4, 0.5) is 5.69 Å². The summed E-state index contributed by atoms with van der Waals surface area (Å²) in [4.78, 5) is 24.7. The van der Waals surface area contributed by atoms with Crippen LogP contribution < -0.4 is 15.4 Å². The Kier molecular flexibility index (Phi) is 7.89. The van der Waals surface area contributed by atoms with Crippen LogP contribution in [0.25, 0.3) is 0 Å². The molecule has 0 atom stereocenters. The van der Waals surface area contributed by atoms with E-state index >= 15 is 0 Å². The van der Waals surface area contributed by atoms with Crippen LogP contribution in [0.2, 0.25) is 0 Å². The monoisotopic (exact) mass is 408 g/mol. The predicted octanol–water partition coefficient (Wildman–Crippen LogP) is 5.17. The number of benzene rings is 2. The Labute approximate surface area is 179 Å². The molecule has 0 heterocycles. The second-order valence-corrected chi connectivity index (χ2v) is 8.43. The molecule has 1 aliphatic carbocycles. The van der Waals surface area contributed by atoms with E-state index in [0.29, 0.717) is 24.6 Å². The highest BCUT2D eigenvalue weighted by Gasteiger charge is 2.20. The Balaban J connectivity index is 1.48. The van der Waals surface area contributed by atoms with Gasteiger partial charge in [-0.1, -0.05) is 45.2 Å². The summed E-state index contributed by atoms with van der Waals surface area (Å²) in [6, 6.07) is 14.7. The van der Waals surface area contributed by atoms with E-state index in [1.54, 1.807) is 12.1 Å². The molecule has 0 aliphatic heterocycles. The van der Waals surface area contributed by atoms with Gasteiger partial charge >= 0.3 is 0 Å². The zero-order valence-electron chi connectivity index (χ0n) is 17.9. The molecule has 0 saturated heterocycles. The number of hydrogen-bond donors (Lipinski definition) is 2. The van der Waals surface area contributed by atoms with E-state index in [2.05, 4.69) is 24.5 Å². The van der Waals surface area contributed by atoms with E-state index in [1.807, 2.05) is 36.4 Å². The molecule has 3 rings (SSSR count). The summed E-state index contributed by atoms with van der Waals surface area (Å²) in [5.41, 5.74) is 2.29. The van der Waals surface area contributed by atoms with Crippen molar-refractivity contribution in [1.29, 1.82) is 0 Å². The summed E-state index contributed by atoms with van der Waals surface area (Å²) < 4.78 is 5.66. The number of hydrogen-bond acceptors (Lipinski definition) is 3. The van der Waals surface area contributed by atoms with Crippen LogP contribution in [0.5, 0.6) is 5.75 Å². The zero-order valence-corrected chi connectivity index (χ0v) is 17.9. The van der Waals surface area contributed by atoms with Crippen molar-refractivity contribution < 1.29 is 14.3 Å². The third-order valence-corrected chi connectivity index (χ3v) is 5.35. The third kappa shape index (κ3) is 6.61. The van der Waals surface area contributed by atoms with Gasteiger partial charge in [0.2, 0.25) is 5.91 Å². The van der Waals surface area contributed by atoms with Crippen LogP contribution in [-0.4, -0.2) is 18.4 Å². The largest absolute Gasteiger partial charge is 0.493 e. The van der Waals surface area contributed by atoms with Gasteiger partial charge in [0.15, 0.2) is 0 Å². The van der Waals surface area contributed by atoms with Gasteiger partial charge in [-0.3, -0.25) is 9.59 Å². The molecule has 1 aliphatic rings. The first-order chi connectivity index (χ1) is 14.5. The molecule has 5 heteroatoms. The third-order valence-electron chi connectivity index (χ3n) is 5.35. The molecule has 1 saturated carbocycles. The van der Waals surface area contributed by atoms with Crippen LogP contribution in [0.1, 0.15) is 61.9 Å². The van der Waals surface area contributed by atoms with Gasteiger partial charge in [-0.05, 0) is 60.7 Å². The first-order valence-electron chi connectivity index (χ1n) is 10.9. The number of nitrogens with one attached hydrogen (secondary N) is 2. The Morgan fingerprint density at radius 3 is 2.27 bits per heavy atom. The van der Waals surface area contributed by atoms with Crippen molar-refractivity contribution in [3.8, 4) is 5.75 Å². The number of carbonyl (C=O) groups excluding carboxylic acids is 2. The first kappa shape index (κ1) is 21.9. The van der Waals surface area contributed by atoms with E-state index in [4.69, 9.17) is 4.74 Å². The van der Waals surface area contributed by atoms with Gasteiger partial charge in [0, 0.05) is 23.7 Å². The molecule has 160 valence electrons. The quantitative estimate of drug-likeness (QED) is 0.633. The standard InChI is InChI=1S/C25H32N2O3/c1-18(2)17-30-23-14-12-22(13-15-23)27-25(29)21-10-8-19(9-11-21)16-26-24(28)20-6-4-3-5-7-20/h8-15,18,20H,3-7,16-17H2,1-2H3,(H,26,28)(H,27,29). The minimum absolute atomic E-state index is 0.150. The Morgan fingerprint density at radius 1 is 0.967 bits per heavy atom. The molecule has 2 aromatic carbocycles. The van der Waals surface area contributed by atoms with Crippen molar-refractivity contribution in [2.45, 2.75) is 52.5 Å². The lowest BCUT2D eigenvalue weighted by Crippen LogP contribution is -2.31. The van der Waals surface area contributed by atoms with Crippen molar-refractivity contribution >= 4 is 17.5 Å². The molecule has 2 amide bonds. The minimum atomic E-state index is -0.163. The van der Waals surface area contributed by atoms with Crippen LogP contribution in [-0.2, 0) is 11.3 Å². The maximum atomic E-state index is 12.5. The van der Waals surface area contributed by atoms with E-state index in [1.165, 1.54) is 6.42 Å². The number of anilines is 1. The highest BCUT2D eigenvalue weighted by molar-refractivity contribution is 6.04. The summed E-state index contributed by atoms with van der Waals surface area (Å²) in [5, 5.41) is 5.93. The van der Waals surface area contributed by atoms with Crippen LogP contribution in [0, 0.1) is 11.8 Å². The van der Waals surface area contributed by atoms with Gasteiger partial charge < -0.3 is 15.4 Å². The maximum Gasteiger partial charge on any atom is 0.255 e. The molecule has 30 heavy (non-hydrogen) atoms. The predicted molar refractivity (Wildman–Crippen MR) is 120 cm³/mol. The number of carbonyl (C=O) groups is 2. The van der Waals surface area contributed by atoms with Crippen molar-refractivity contribution in [3.05, 3.63) is 59.7 Å². The maximum absolute atomic E-state index is 12.5. The molecular formula is C25H32N2O3. The molecule has 0 spiro atoms. The minimum Gasteiger partial charge on any atom is -0.493 e. The smallest absolute Gasteiger partial charge is 0.255 e. The van der Waals surface area contributed by atoms with Crippen LogP contribution in [0.3, 0.4) is 0 Å². The summed E-state index contributed by atoms with van der Waals surface area (Å²) >= 11 is 0. The zero-order chi connectivity index (χ0) is 21.3. The van der Waals surface area contributed by atoms with Gasteiger partial charge in [-0.15, -0.1) is 0 Å². The molecule has 0 radical (unpaired) electrons. The van der Waals surface area contributed by atoms with Gasteiger partial charge in [0.1, 0.15) is 5.75 Å². The van der Waals surface area contributed by atoms with Gasteiger partial charge in [-0.2, -0.15) is 0 Å². The van der Waals surface area contributed by atoms with E-state index in [0.717, 1.165) is 42.7 Å². The first-order valence-corrected chi connectivity index (χ1v) is 10.9. The Bertz CT molecular complexity index is 822. The lowest BCUT2D eigenvalue weighted by molar-refractivity contribution is -0.126. The fourth-order valence-corrected chi connectivity index (χ4v) is 3.57. The van der Waals surface area contributed by atoms with E-state index in [9.17, 15) is 9.59 Å². The molecule has 0 bridgehead atoms. The van der Waals surface area contributed by atoms with Crippen LogP contribution in [0.15, 0.2) is 48.5 Å².